The van der Waals surface area contributed by atoms with Crippen LogP contribution < -0.4 is 11.1 Å². The number of hydrogen-bond acceptors (Lipinski definition) is 6. The summed E-state index contributed by atoms with van der Waals surface area (Å²) in [5.74, 6) is 0. The number of benzene rings is 2. The molecule has 25 heavy (non-hydrogen) atoms. The van der Waals surface area contributed by atoms with Crippen molar-refractivity contribution in [2.24, 2.45) is 5.10 Å². The van der Waals surface area contributed by atoms with Gasteiger partial charge in [-0.2, -0.15) is 5.10 Å². The average molecular weight is 335 g/mol. The van der Waals surface area contributed by atoms with Crippen molar-refractivity contribution in [1.29, 1.82) is 0 Å². The lowest BCUT2D eigenvalue weighted by Crippen LogP contribution is -2.14. The van der Waals surface area contributed by atoms with Crippen LogP contribution in [0.5, 0.6) is 0 Å². The Labute approximate surface area is 141 Å². The molecule has 7 nitrogen and oxygen atoms in total. The number of nitro groups is 1. The summed E-state index contributed by atoms with van der Waals surface area (Å²) in [6, 6.07) is 15.2. The molecule has 1 aromatic heterocycles. The van der Waals surface area contributed by atoms with Gasteiger partial charge in [-0.3, -0.25) is 10.1 Å². The largest absolute Gasteiger partial charge is 0.422 e. The Bertz CT molecular complexity index is 1070. The van der Waals surface area contributed by atoms with E-state index < -0.39 is 10.5 Å². The Morgan fingerprint density at radius 1 is 1.16 bits per heavy atom. The molecule has 1 aliphatic heterocycles. The first kappa shape index (κ1) is 15.1. The normalized spacial score (nSPS) is 16.5. The van der Waals surface area contributed by atoms with Gasteiger partial charge in [0.05, 0.1) is 22.2 Å². The fourth-order valence-electron chi connectivity index (χ4n) is 2.92. The molecule has 124 valence electrons. The molecule has 0 saturated carbocycles. The van der Waals surface area contributed by atoms with Gasteiger partial charge in [-0.1, -0.05) is 30.3 Å². The van der Waals surface area contributed by atoms with Crippen molar-refractivity contribution in [3.63, 3.8) is 0 Å². The van der Waals surface area contributed by atoms with Gasteiger partial charge >= 0.3 is 5.63 Å². The number of nitrogens with zero attached hydrogens (tertiary/aromatic N) is 2. The quantitative estimate of drug-likeness (QED) is 0.450. The molecule has 1 N–H and O–H groups in total. The Balaban J connectivity index is 1.64. The molecule has 1 atom stereocenters. The molecule has 0 spiro atoms. The summed E-state index contributed by atoms with van der Waals surface area (Å²) in [4.78, 5) is 22.7. The van der Waals surface area contributed by atoms with Gasteiger partial charge in [0.1, 0.15) is 5.58 Å². The first-order valence-corrected chi connectivity index (χ1v) is 7.71. The van der Waals surface area contributed by atoms with Crippen molar-refractivity contribution < 1.29 is 9.34 Å². The Hall–Kier alpha value is -3.48. The van der Waals surface area contributed by atoms with Gasteiger partial charge in [-0.05, 0) is 17.7 Å². The second-order valence-electron chi connectivity index (χ2n) is 5.78. The van der Waals surface area contributed by atoms with Crippen LogP contribution in [0.3, 0.4) is 0 Å². The van der Waals surface area contributed by atoms with Crippen molar-refractivity contribution in [3.8, 4) is 0 Å². The van der Waals surface area contributed by atoms with Gasteiger partial charge in [0.15, 0.2) is 0 Å². The van der Waals surface area contributed by atoms with E-state index in [0.29, 0.717) is 23.3 Å². The van der Waals surface area contributed by atoms with E-state index in [1.807, 2.05) is 12.1 Å². The topological polar surface area (TPSA) is 97.7 Å². The number of nitro benzene ring substituents is 1. The highest BCUT2D eigenvalue weighted by Gasteiger charge is 2.25. The smallest absolute Gasteiger partial charge is 0.345 e. The molecule has 0 saturated heterocycles. The van der Waals surface area contributed by atoms with Gasteiger partial charge in [0.2, 0.25) is 0 Å². The third-order valence-electron chi connectivity index (χ3n) is 4.19. The van der Waals surface area contributed by atoms with Gasteiger partial charge in [0.25, 0.3) is 5.69 Å². The van der Waals surface area contributed by atoms with Gasteiger partial charge in [-0.15, -0.1) is 0 Å². The second-order valence-corrected chi connectivity index (χ2v) is 5.78. The van der Waals surface area contributed by atoms with Crippen LogP contribution in [0.2, 0.25) is 0 Å². The molecule has 1 aliphatic rings. The van der Waals surface area contributed by atoms with Crippen LogP contribution in [0, 0.1) is 10.1 Å². The zero-order valence-electron chi connectivity index (χ0n) is 13.0. The van der Waals surface area contributed by atoms with Crippen LogP contribution in [-0.2, 0) is 0 Å². The van der Waals surface area contributed by atoms with Crippen molar-refractivity contribution in [2.75, 3.05) is 0 Å². The standard InChI is InChI=1S/C18H13N3O4/c22-18-14(9-12-4-1-2-7-17(12)25-18)16-10-15(19-20-16)11-5-3-6-13(8-11)21(23)24/h1-9,15,19H,10H2. The lowest BCUT2D eigenvalue weighted by Gasteiger charge is -2.09. The molecule has 4 rings (SSSR count). The molecule has 7 heteroatoms. The van der Waals surface area contributed by atoms with Crippen molar-refractivity contribution in [1.82, 2.24) is 5.43 Å². The Morgan fingerprint density at radius 3 is 2.84 bits per heavy atom. The summed E-state index contributed by atoms with van der Waals surface area (Å²) < 4.78 is 5.34. The number of non-ortho nitro benzene ring substituents is 1. The van der Waals surface area contributed by atoms with Crippen LogP contribution in [0.1, 0.15) is 23.6 Å². The van der Waals surface area contributed by atoms with E-state index in [0.717, 1.165) is 10.9 Å². The molecular formula is C18H13N3O4. The number of fused-ring (bicyclic) bond motifs is 1. The molecule has 2 aromatic carbocycles. The minimum atomic E-state index is -0.445. The summed E-state index contributed by atoms with van der Waals surface area (Å²) in [6.45, 7) is 0. The zero-order chi connectivity index (χ0) is 17.4. The molecule has 0 amide bonds. The molecule has 2 heterocycles. The van der Waals surface area contributed by atoms with Gasteiger partial charge in [0, 0.05) is 23.9 Å². The highest BCUT2D eigenvalue weighted by Crippen LogP contribution is 2.27. The first-order valence-electron chi connectivity index (χ1n) is 7.71. The summed E-state index contributed by atoms with van der Waals surface area (Å²) in [7, 11) is 0. The van der Waals surface area contributed by atoms with E-state index in [-0.39, 0.29) is 11.7 Å². The predicted octanol–water partition coefficient (Wildman–Crippen LogP) is 3.14. The van der Waals surface area contributed by atoms with E-state index >= 15 is 0 Å². The van der Waals surface area contributed by atoms with Gasteiger partial charge in [-0.25, -0.2) is 4.79 Å². The molecule has 1 unspecified atom stereocenters. The number of nitrogens with one attached hydrogen (secondary N) is 1. The third-order valence-corrected chi connectivity index (χ3v) is 4.19. The lowest BCUT2D eigenvalue weighted by molar-refractivity contribution is -0.384. The summed E-state index contributed by atoms with van der Waals surface area (Å²) in [5.41, 5.74) is 4.78. The van der Waals surface area contributed by atoms with E-state index in [9.17, 15) is 14.9 Å². The van der Waals surface area contributed by atoms with Crippen LogP contribution in [0.15, 0.2) is 68.9 Å². The highest BCUT2D eigenvalue weighted by molar-refractivity contribution is 6.03. The average Bonchev–Trinajstić information content (AvgIpc) is 3.11. The van der Waals surface area contributed by atoms with Crippen LogP contribution in [0.25, 0.3) is 11.0 Å². The molecule has 0 bridgehead atoms. The fourth-order valence-corrected chi connectivity index (χ4v) is 2.92. The molecule has 3 aromatic rings. The molecule has 0 radical (unpaired) electrons. The minimum absolute atomic E-state index is 0.0259. The fraction of sp³-hybridized carbons (Fsp3) is 0.111. The molecular weight excluding hydrogens is 322 g/mol. The Morgan fingerprint density at radius 2 is 2.00 bits per heavy atom. The minimum Gasteiger partial charge on any atom is -0.422 e. The lowest BCUT2D eigenvalue weighted by atomic mass is 9.99. The molecule has 0 fully saturated rings. The van der Waals surface area contributed by atoms with E-state index in [1.54, 1.807) is 30.3 Å². The van der Waals surface area contributed by atoms with E-state index in [4.69, 9.17) is 4.42 Å². The van der Waals surface area contributed by atoms with Crippen LogP contribution in [-0.4, -0.2) is 10.6 Å². The maximum absolute atomic E-state index is 12.2. The van der Waals surface area contributed by atoms with E-state index in [2.05, 4.69) is 10.5 Å². The SMILES string of the molecule is O=c1oc2ccccc2cc1C1=NNC(c2cccc([N+](=O)[O-])c2)C1. The number of hydrazone groups is 1. The zero-order valence-corrected chi connectivity index (χ0v) is 13.0. The summed E-state index contributed by atoms with van der Waals surface area (Å²) in [6.07, 6.45) is 0.449. The summed E-state index contributed by atoms with van der Waals surface area (Å²) >= 11 is 0. The van der Waals surface area contributed by atoms with Crippen molar-refractivity contribution in [3.05, 3.63) is 86.3 Å². The maximum Gasteiger partial charge on any atom is 0.345 e. The van der Waals surface area contributed by atoms with Gasteiger partial charge < -0.3 is 9.84 Å². The first-order chi connectivity index (χ1) is 12.1. The van der Waals surface area contributed by atoms with Crippen molar-refractivity contribution in [2.45, 2.75) is 12.5 Å². The van der Waals surface area contributed by atoms with Crippen LogP contribution >= 0.6 is 0 Å². The third kappa shape index (κ3) is 2.76. The number of para-hydroxylation sites is 1. The second kappa shape index (κ2) is 5.86. The van der Waals surface area contributed by atoms with E-state index in [1.165, 1.54) is 12.1 Å². The predicted molar refractivity (Wildman–Crippen MR) is 92.6 cm³/mol. The van der Waals surface area contributed by atoms with Crippen LogP contribution in [0.4, 0.5) is 5.69 Å². The van der Waals surface area contributed by atoms with Crippen molar-refractivity contribution >= 4 is 22.4 Å². The Kier molecular flexibility index (Phi) is 3.53. The maximum atomic E-state index is 12.2. The highest BCUT2D eigenvalue weighted by atomic mass is 16.6. The number of rotatable bonds is 3. The summed E-state index contributed by atoms with van der Waals surface area (Å²) in [5, 5.41) is 16.0. The monoisotopic (exact) mass is 335 g/mol. The number of hydrogen-bond donors (Lipinski definition) is 1. The molecule has 0 aliphatic carbocycles.